The predicted octanol–water partition coefficient (Wildman–Crippen LogP) is 3.63. The Morgan fingerprint density at radius 2 is 1.76 bits per heavy atom. The van der Waals surface area contributed by atoms with Gasteiger partial charge >= 0.3 is 0 Å². The average Bonchev–Trinajstić information content (AvgIpc) is 2.76. The molecule has 4 nitrogen and oxygen atoms in total. The van der Waals surface area contributed by atoms with Crippen LogP contribution in [0, 0.1) is 20.8 Å². The second-order valence-corrected chi connectivity index (χ2v) is 7.46. The van der Waals surface area contributed by atoms with Crippen molar-refractivity contribution in [3.05, 3.63) is 34.5 Å². The third-order valence-electron chi connectivity index (χ3n) is 5.48. The van der Waals surface area contributed by atoms with E-state index in [0.29, 0.717) is 6.42 Å². The fourth-order valence-electron chi connectivity index (χ4n) is 3.97. The molecule has 1 aromatic carbocycles. The Hall–Kier alpha value is -1.81. The normalized spacial score (nSPS) is 16.1. The summed E-state index contributed by atoms with van der Waals surface area (Å²) in [4.78, 5) is 18.4. The summed E-state index contributed by atoms with van der Waals surface area (Å²) in [7, 11) is 0. The van der Waals surface area contributed by atoms with Gasteiger partial charge < -0.3 is 15.2 Å². The van der Waals surface area contributed by atoms with E-state index < -0.39 is 0 Å². The highest BCUT2D eigenvalue weighted by Crippen LogP contribution is 2.28. The number of aromatic amines is 1. The Balaban J connectivity index is 1.60. The van der Waals surface area contributed by atoms with E-state index in [2.05, 4.69) is 48.1 Å². The lowest BCUT2D eigenvalue weighted by Gasteiger charge is -2.19. The average molecular weight is 341 g/mol. The first-order valence-electron chi connectivity index (χ1n) is 9.62. The maximum Gasteiger partial charge on any atom is 0.224 e. The van der Waals surface area contributed by atoms with E-state index in [1.54, 1.807) is 0 Å². The highest BCUT2D eigenvalue weighted by atomic mass is 16.1. The lowest BCUT2D eigenvalue weighted by atomic mass is 10.0. The van der Waals surface area contributed by atoms with Crippen LogP contribution in [0.25, 0.3) is 10.9 Å². The van der Waals surface area contributed by atoms with Crippen LogP contribution in [0.1, 0.15) is 48.1 Å². The van der Waals surface area contributed by atoms with Crippen molar-refractivity contribution in [1.82, 2.24) is 15.2 Å². The van der Waals surface area contributed by atoms with Crippen LogP contribution in [0.15, 0.2) is 12.1 Å². The lowest BCUT2D eigenvalue weighted by Crippen LogP contribution is -2.36. The summed E-state index contributed by atoms with van der Waals surface area (Å²) >= 11 is 0. The summed E-state index contributed by atoms with van der Waals surface area (Å²) in [5, 5.41) is 4.34. The van der Waals surface area contributed by atoms with Crippen molar-refractivity contribution in [2.24, 2.45) is 0 Å². The molecule has 0 unspecified atom stereocenters. The van der Waals surface area contributed by atoms with Gasteiger partial charge in [-0.3, -0.25) is 4.79 Å². The predicted molar refractivity (Wildman–Crippen MR) is 104 cm³/mol. The summed E-state index contributed by atoms with van der Waals surface area (Å²) in [6.07, 6.45) is 5.74. The molecule has 1 aromatic heterocycles. The molecular formula is C21H31N3O. The van der Waals surface area contributed by atoms with Crippen molar-refractivity contribution < 1.29 is 4.79 Å². The molecule has 0 saturated carbocycles. The van der Waals surface area contributed by atoms with Crippen LogP contribution in [0.2, 0.25) is 0 Å². The van der Waals surface area contributed by atoms with E-state index in [0.717, 1.165) is 24.3 Å². The van der Waals surface area contributed by atoms with E-state index in [1.165, 1.54) is 60.8 Å². The first-order chi connectivity index (χ1) is 12.1. The van der Waals surface area contributed by atoms with Crippen LogP contribution in [-0.4, -0.2) is 42.0 Å². The van der Waals surface area contributed by atoms with E-state index >= 15 is 0 Å². The number of benzene rings is 1. The summed E-state index contributed by atoms with van der Waals surface area (Å²) in [5.74, 6) is 0.125. The molecule has 1 fully saturated rings. The molecule has 1 saturated heterocycles. The number of hydrogen-bond acceptors (Lipinski definition) is 2. The van der Waals surface area contributed by atoms with Gasteiger partial charge in [0.15, 0.2) is 0 Å². The molecule has 2 aromatic rings. The van der Waals surface area contributed by atoms with Crippen LogP contribution in [0.3, 0.4) is 0 Å². The third-order valence-corrected chi connectivity index (χ3v) is 5.48. The highest BCUT2D eigenvalue weighted by Gasteiger charge is 2.15. The van der Waals surface area contributed by atoms with Gasteiger partial charge in [0.1, 0.15) is 0 Å². The molecular weight excluding hydrogens is 310 g/mol. The second-order valence-electron chi connectivity index (χ2n) is 7.46. The Kier molecular flexibility index (Phi) is 5.79. The number of likely N-dealkylation sites (tertiary alicyclic amines) is 1. The number of nitrogens with one attached hydrogen (secondary N) is 2. The molecule has 0 aliphatic carbocycles. The van der Waals surface area contributed by atoms with Crippen molar-refractivity contribution in [2.75, 3.05) is 26.2 Å². The number of hydrogen-bond donors (Lipinski definition) is 2. The number of nitrogens with zero attached hydrogens (tertiary/aromatic N) is 1. The monoisotopic (exact) mass is 341 g/mol. The molecule has 0 bridgehead atoms. The highest BCUT2D eigenvalue weighted by molar-refractivity contribution is 5.93. The van der Waals surface area contributed by atoms with Gasteiger partial charge in [-0.1, -0.05) is 25.0 Å². The van der Waals surface area contributed by atoms with E-state index in [4.69, 9.17) is 0 Å². The lowest BCUT2D eigenvalue weighted by molar-refractivity contribution is -0.120. The topological polar surface area (TPSA) is 48.1 Å². The van der Waals surface area contributed by atoms with Crippen LogP contribution in [0.5, 0.6) is 0 Å². The number of amides is 1. The number of aryl methyl sites for hydroxylation is 3. The smallest absolute Gasteiger partial charge is 0.224 e. The number of rotatable bonds is 5. The quantitative estimate of drug-likeness (QED) is 0.872. The molecule has 3 rings (SSSR count). The van der Waals surface area contributed by atoms with Crippen LogP contribution in [0.4, 0.5) is 0 Å². The minimum absolute atomic E-state index is 0.125. The Labute approximate surface area is 151 Å². The summed E-state index contributed by atoms with van der Waals surface area (Å²) in [6, 6.07) is 4.28. The van der Waals surface area contributed by atoms with Crippen molar-refractivity contribution in [3.8, 4) is 0 Å². The first kappa shape index (κ1) is 18.0. The van der Waals surface area contributed by atoms with E-state index in [1.807, 2.05) is 0 Å². The molecule has 1 aliphatic rings. The first-order valence-corrected chi connectivity index (χ1v) is 9.62. The molecule has 2 heterocycles. The van der Waals surface area contributed by atoms with Crippen molar-refractivity contribution >= 4 is 16.8 Å². The SMILES string of the molecule is Cc1[nH]c2c(C)ccc(C)c2c1CC(=O)NCCN1CCCCCC1. The van der Waals surface area contributed by atoms with Crippen LogP contribution in [-0.2, 0) is 11.2 Å². The van der Waals surface area contributed by atoms with Crippen LogP contribution >= 0.6 is 0 Å². The molecule has 0 spiro atoms. The minimum atomic E-state index is 0.125. The van der Waals surface area contributed by atoms with Gasteiger partial charge in [-0.05, 0) is 63.4 Å². The molecule has 1 aliphatic heterocycles. The second kappa shape index (κ2) is 8.05. The molecule has 0 radical (unpaired) electrons. The van der Waals surface area contributed by atoms with Gasteiger partial charge in [-0.25, -0.2) is 0 Å². The van der Waals surface area contributed by atoms with Gasteiger partial charge in [0, 0.05) is 29.7 Å². The molecule has 4 heteroatoms. The van der Waals surface area contributed by atoms with Gasteiger partial charge in [-0.2, -0.15) is 0 Å². The summed E-state index contributed by atoms with van der Waals surface area (Å²) in [5.41, 5.74) is 5.89. The van der Waals surface area contributed by atoms with Gasteiger partial charge in [0.05, 0.1) is 6.42 Å². The Morgan fingerprint density at radius 1 is 1.08 bits per heavy atom. The van der Waals surface area contributed by atoms with Crippen molar-refractivity contribution in [2.45, 2.75) is 52.9 Å². The number of aromatic nitrogens is 1. The Bertz CT molecular complexity index is 739. The van der Waals surface area contributed by atoms with Gasteiger partial charge in [-0.15, -0.1) is 0 Å². The van der Waals surface area contributed by atoms with Crippen LogP contribution < -0.4 is 5.32 Å². The fraction of sp³-hybridized carbons (Fsp3) is 0.571. The maximum absolute atomic E-state index is 12.5. The summed E-state index contributed by atoms with van der Waals surface area (Å²) < 4.78 is 0. The zero-order chi connectivity index (χ0) is 17.8. The van der Waals surface area contributed by atoms with E-state index in [9.17, 15) is 4.79 Å². The molecule has 2 N–H and O–H groups in total. The standard InChI is InChI=1S/C21H31N3O/c1-15-8-9-16(2)21-20(15)18(17(3)23-21)14-19(25)22-10-13-24-11-6-4-5-7-12-24/h8-9,23H,4-7,10-14H2,1-3H3,(H,22,25). The largest absolute Gasteiger partial charge is 0.358 e. The fourth-order valence-corrected chi connectivity index (χ4v) is 3.97. The third kappa shape index (κ3) is 4.24. The zero-order valence-electron chi connectivity index (χ0n) is 15.9. The van der Waals surface area contributed by atoms with Crippen molar-refractivity contribution in [1.29, 1.82) is 0 Å². The van der Waals surface area contributed by atoms with Crippen molar-refractivity contribution in [3.63, 3.8) is 0 Å². The number of carbonyl (C=O) groups is 1. The molecule has 0 atom stereocenters. The molecule has 1 amide bonds. The Morgan fingerprint density at radius 3 is 2.48 bits per heavy atom. The number of fused-ring (bicyclic) bond motifs is 1. The molecule has 25 heavy (non-hydrogen) atoms. The number of carbonyl (C=O) groups excluding carboxylic acids is 1. The van der Waals surface area contributed by atoms with Gasteiger partial charge in [0.25, 0.3) is 0 Å². The summed E-state index contributed by atoms with van der Waals surface area (Å²) in [6.45, 7) is 10.4. The van der Waals surface area contributed by atoms with Gasteiger partial charge in [0.2, 0.25) is 5.91 Å². The zero-order valence-corrected chi connectivity index (χ0v) is 15.9. The van der Waals surface area contributed by atoms with E-state index in [-0.39, 0.29) is 5.91 Å². The number of H-pyrrole nitrogens is 1. The maximum atomic E-state index is 12.5. The minimum Gasteiger partial charge on any atom is -0.358 e. The molecule has 136 valence electrons.